The highest BCUT2D eigenvalue weighted by Crippen LogP contribution is 2.47. The van der Waals surface area contributed by atoms with E-state index in [1.807, 2.05) is 6.92 Å². The molecule has 1 saturated carbocycles. The van der Waals surface area contributed by atoms with Crippen LogP contribution in [0.1, 0.15) is 13.3 Å². The van der Waals surface area contributed by atoms with Crippen LogP contribution in [0.2, 0.25) is 0 Å². The Balaban J connectivity index is 2.25. The topological polar surface area (TPSA) is 37.3 Å². The molecular weight excluding hydrogens is 140 g/mol. The third-order valence-electron chi connectivity index (χ3n) is 3.14. The summed E-state index contributed by atoms with van der Waals surface area (Å²) < 4.78 is 0. The Bertz CT molecular complexity index is 220. The van der Waals surface area contributed by atoms with E-state index in [0.717, 1.165) is 6.42 Å². The van der Waals surface area contributed by atoms with E-state index >= 15 is 0 Å². The lowest BCUT2D eigenvalue weighted by Crippen LogP contribution is -2.25. The van der Waals surface area contributed by atoms with Crippen molar-refractivity contribution >= 4 is 5.97 Å². The smallest absolute Gasteiger partial charge is 0.307 e. The minimum atomic E-state index is -0.616. The lowest BCUT2D eigenvalue weighted by atomic mass is 9.85. The summed E-state index contributed by atoms with van der Waals surface area (Å²) >= 11 is 0. The molecule has 0 aliphatic heterocycles. The van der Waals surface area contributed by atoms with E-state index in [0.29, 0.717) is 17.8 Å². The van der Waals surface area contributed by atoms with Crippen LogP contribution in [0.5, 0.6) is 0 Å². The van der Waals surface area contributed by atoms with E-state index in [1.54, 1.807) is 0 Å². The first-order valence-corrected chi connectivity index (χ1v) is 4.11. The van der Waals surface area contributed by atoms with Gasteiger partial charge in [-0.3, -0.25) is 4.79 Å². The predicted molar refractivity (Wildman–Crippen MR) is 41.0 cm³/mol. The van der Waals surface area contributed by atoms with Crippen molar-refractivity contribution in [2.45, 2.75) is 13.3 Å². The van der Waals surface area contributed by atoms with Crippen molar-refractivity contribution in [3.05, 3.63) is 12.2 Å². The molecule has 2 heteroatoms. The minimum absolute atomic E-state index is 0.106. The van der Waals surface area contributed by atoms with Gasteiger partial charge in [-0.05, 0) is 24.2 Å². The molecule has 1 N–H and O–H groups in total. The van der Waals surface area contributed by atoms with Gasteiger partial charge < -0.3 is 5.11 Å². The van der Waals surface area contributed by atoms with Gasteiger partial charge in [0.2, 0.25) is 0 Å². The van der Waals surface area contributed by atoms with Crippen LogP contribution in [0.15, 0.2) is 12.2 Å². The number of hydrogen-bond donors (Lipinski definition) is 1. The maximum Gasteiger partial charge on any atom is 0.307 e. The molecule has 2 unspecified atom stereocenters. The highest BCUT2D eigenvalue weighted by Gasteiger charge is 2.45. The quantitative estimate of drug-likeness (QED) is 0.578. The lowest BCUT2D eigenvalue weighted by Gasteiger charge is -2.19. The fourth-order valence-corrected chi connectivity index (χ4v) is 2.48. The Hall–Kier alpha value is -0.790. The maximum atomic E-state index is 10.8. The number of carboxylic acid groups (broad SMARTS) is 1. The first-order chi connectivity index (χ1) is 5.20. The number of fused-ring (bicyclic) bond motifs is 2. The van der Waals surface area contributed by atoms with Crippen LogP contribution < -0.4 is 0 Å². The molecule has 0 spiro atoms. The van der Waals surface area contributed by atoms with Crippen LogP contribution in [0, 0.1) is 23.7 Å². The molecule has 2 aliphatic carbocycles. The number of allylic oxidation sites excluding steroid dienone is 2. The van der Waals surface area contributed by atoms with Gasteiger partial charge in [0.1, 0.15) is 0 Å². The highest BCUT2D eigenvalue weighted by atomic mass is 16.4. The van der Waals surface area contributed by atoms with Crippen LogP contribution in [0.4, 0.5) is 0 Å². The molecule has 2 bridgehead atoms. The second-order valence-corrected chi connectivity index (χ2v) is 3.67. The van der Waals surface area contributed by atoms with Gasteiger partial charge in [0.15, 0.2) is 0 Å². The molecule has 2 rings (SSSR count). The third kappa shape index (κ3) is 0.817. The highest BCUT2D eigenvalue weighted by molar-refractivity contribution is 5.72. The molecule has 1 fully saturated rings. The molecule has 11 heavy (non-hydrogen) atoms. The van der Waals surface area contributed by atoms with Crippen LogP contribution in [0.25, 0.3) is 0 Å². The van der Waals surface area contributed by atoms with Crippen LogP contribution in [-0.4, -0.2) is 11.1 Å². The van der Waals surface area contributed by atoms with E-state index in [2.05, 4.69) is 12.2 Å². The zero-order valence-corrected chi connectivity index (χ0v) is 6.53. The summed E-state index contributed by atoms with van der Waals surface area (Å²) in [5.41, 5.74) is 0. The number of carboxylic acids is 1. The zero-order valence-electron chi connectivity index (χ0n) is 6.53. The number of carbonyl (C=O) groups is 1. The molecule has 0 saturated heterocycles. The zero-order chi connectivity index (χ0) is 8.01. The third-order valence-corrected chi connectivity index (χ3v) is 3.14. The van der Waals surface area contributed by atoms with Crippen molar-refractivity contribution < 1.29 is 9.90 Å². The number of hydrogen-bond acceptors (Lipinski definition) is 1. The van der Waals surface area contributed by atoms with Crippen molar-refractivity contribution in [1.29, 1.82) is 0 Å². The Kier molecular flexibility index (Phi) is 1.31. The molecular formula is C9H12O2. The van der Waals surface area contributed by atoms with Crippen LogP contribution >= 0.6 is 0 Å². The molecule has 4 atom stereocenters. The first kappa shape index (κ1) is 6.89. The van der Waals surface area contributed by atoms with Gasteiger partial charge in [-0.25, -0.2) is 0 Å². The van der Waals surface area contributed by atoms with Gasteiger partial charge >= 0.3 is 5.97 Å². The standard InChI is InChI=1S/C9H12O2/c1-5-6-2-3-7(4-6)8(5)9(10)11/h2-3,5-8H,4H2,1H3,(H,10,11)/t5-,6?,7?,8-/m0/s1. The van der Waals surface area contributed by atoms with Gasteiger partial charge in [0.05, 0.1) is 5.92 Å². The Morgan fingerprint density at radius 2 is 2.09 bits per heavy atom. The molecule has 2 nitrogen and oxygen atoms in total. The molecule has 0 amide bonds. The van der Waals surface area contributed by atoms with Gasteiger partial charge in [-0.15, -0.1) is 0 Å². The summed E-state index contributed by atoms with van der Waals surface area (Å²) in [4.78, 5) is 10.8. The second kappa shape index (κ2) is 2.10. The van der Waals surface area contributed by atoms with E-state index in [9.17, 15) is 4.79 Å². The molecule has 0 aromatic carbocycles. The van der Waals surface area contributed by atoms with Crippen molar-refractivity contribution in [2.24, 2.45) is 23.7 Å². The minimum Gasteiger partial charge on any atom is -0.481 e. The first-order valence-electron chi connectivity index (χ1n) is 4.11. The Labute approximate surface area is 65.9 Å². The molecule has 0 heterocycles. The molecule has 0 aromatic heterocycles. The SMILES string of the molecule is C[C@H]1C2C=CC(C2)[C@H]1C(=O)O. The van der Waals surface area contributed by atoms with Crippen LogP contribution in [-0.2, 0) is 4.79 Å². The summed E-state index contributed by atoms with van der Waals surface area (Å²) in [6.45, 7) is 2.05. The van der Waals surface area contributed by atoms with Crippen molar-refractivity contribution in [3.63, 3.8) is 0 Å². The fourth-order valence-electron chi connectivity index (χ4n) is 2.48. The predicted octanol–water partition coefficient (Wildman–Crippen LogP) is 1.53. The van der Waals surface area contributed by atoms with Crippen molar-refractivity contribution in [1.82, 2.24) is 0 Å². The normalized spacial score (nSPS) is 46.6. The number of rotatable bonds is 1. The Morgan fingerprint density at radius 3 is 2.45 bits per heavy atom. The number of aliphatic carboxylic acids is 1. The van der Waals surface area contributed by atoms with Gasteiger partial charge in [-0.1, -0.05) is 19.1 Å². The summed E-state index contributed by atoms with van der Waals surface area (Å²) in [5.74, 6) is 0.496. The Morgan fingerprint density at radius 1 is 1.45 bits per heavy atom. The molecule has 60 valence electrons. The maximum absolute atomic E-state index is 10.8. The molecule has 0 radical (unpaired) electrons. The summed E-state index contributed by atoms with van der Waals surface area (Å²) in [5, 5.41) is 8.87. The average molecular weight is 152 g/mol. The molecule has 0 aromatic rings. The lowest BCUT2D eigenvalue weighted by molar-refractivity contribution is -0.144. The van der Waals surface area contributed by atoms with Crippen LogP contribution in [0.3, 0.4) is 0 Å². The van der Waals surface area contributed by atoms with E-state index in [1.165, 1.54) is 0 Å². The average Bonchev–Trinajstić information content (AvgIpc) is 2.44. The molecule has 2 aliphatic rings. The van der Waals surface area contributed by atoms with E-state index in [4.69, 9.17) is 5.11 Å². The van der Waals surface area contributed by atoms with E-state index in [-0.39, 0.29) is 5.92 Å². The van der Waals surface area contributed by atoms with Gasteiger partial charge in [-0.2, -0.15) is 0 Å². The van der Waals surface area contributed by atoms with Gasteiger partial charge in [0, 0.05) is 0 Å². The fraction of sp³-hybridized carbons (Fsp3) is 0.667. The van der Waals surface area contributed by atoms with Crippen molar-refractivity contribution in [2.75, 3.05) is 0 Å². The largest absolute Gasteiger partial charge is 0.481 e. The summed E-state index contributed by atoms with van der Waals surface area (Å²) in [6.07, 6.45) is 5.32. The summed E-state index contributed by atoms with van der Waals surface area (Å²) in [7, 11) is 0. The van der Waals surface area contributed by atoms with Crippen molar-refractivity contribution in [3.8, 4) is 0 Å². The van der Waals surface area contributed by atoms with Gasteiger partial charge in [0.25, 0.3) is 0 Å². The second-order valence-electron chi connectivity index (χ2n) is 3.67. The van der Waals surface area contributed by atoms with E-state index < -0.39 is 5.97 Å². The summed E-state index contributed by atoms with van der Waals surface area (Å²) in [6, 6.07) is 0. The monoisotopic (exact) mass is 152 g/mol.